The second-order valence-electron chi connectivity index (χ2n) is 7.71. The summed E-state index contributed by atoms with van der Waals surface area (Å²) in [5.41, 5.74) is 1.34. The van der Waals surface area contributed by atoms with Crippen LogP contribution in [0, 0.1) is 0 Å². The van der Waals surface area contributed by atoms with Crippen molar-refractivity contribution in [1.29, 1.82) is 0 Å². The number of methoxy groups -OCH3 is 1. The van der Waals surface area contributed by atoms with Crippen molar-refractivity contribution in [1.82, 2.24) is 4.90 Å². The maximum absolute atomic E-state index is 9.87. The molecule has 0 aromatic rings. The number of likely N-dealkylation sites (tertiary alicyclic amines) is 1. The molecular formula is C22H35NO4. The van der Waals surface area contributed by atoms with E-state index < -0.39 is 0 Å². The Morgan fingerprint density at radius 1 is 1.15 bits per heavy atom. The number of aliphatic hydroxyl groups excluding tert-OH is 1. The van der Waals surface area contributed by atoms with Crippen LogP contribution in [-0.2, 0) is 14.2 Å². The summed E-state index contributed by atoms with van der Waals surface area (Å²) in [6.07, 6.45) is 13.9. The number of nitrogens with zero attached hydrogens (tertiary/aromatic N) is 1. The van der Waals surface area contributed by atoms with Crippen molar-refractivity contribution in [2.24, 2.45) is 0 Å². The molecule has 1 unspecified atom stereocenters. The summed E-state index contributed by atoms with van der Waals surface area (Å²) in [4.78, 5) is 2.45. The minimum Gasteiger partial charge on any atom is -0.493 e. The van der Waals surface area contributed by atoms with Gasteiger partial charge in [0.25, 0.3) is 0 Å². The average molecular weight is 378 g/mol. The van der Waals surface area contributed by atoms with E-state index in [0.717, 1.165) is 56.9 Å². The van der Waals surface area contributed by atoms with Crippen molar-refractivity contribution < 1.29 is 19.3 Å². The van der Waals surface area contributed by atoms with E-state index in [-0.39, 0.29) is 6.10 Å². The molecule has 2 fully saturated rings. The number of allylic oxidation sites excluding steroid dienone is 3. The van der Waals surface area contributed by atoms with Crippen LogP contribution in [0.15, 0.2) is 35.3 Å². The second-order valence-corrected chi connectivity index (χ2v) is 7.71. The van der Waals surface area contributed by atoms with Crippen molar-refractivity contribution in [2.45, 2.75) is 70.1 Å². The van der Waals surface area contributed by atoms with Gasteiger partial charge in [-0.2, -0.15) is 0 Å². The Bertz CT molecular complexity index is 569. The Labute approximate surface area is 163 Å². The molecule has 2 aliphatic carbocycles. The number of β-amino-alcohol motifs (C(OH)–C–C–N with tert-alkyl or cyclic N) is 1. The van der Waals surface area contributed by atoms with Crippen molar-refractivity contribution in [3.05, 3.63) is 35.3 Å². The molecule has 3 rings (SSSR count). The van der Waals surface area contributed by atoms with Gasteiger partial charge in [-0.3, -0.25) is 4.90 Å². The van der Waals surface area contributed by atoms with Gasteiger partial charge in [-0.05, 0) is 51.2 Å². The first-order valence-electron chi connectivity index (χ1n) is 10.5. The Balaban J connectivity index is 1.51. The van der Waals surface area contributed by atoms with Gasteiger partial charge in [-0.1, -0.05) is 24.5 Å². The molecular weight excluding hydrogens is 342 g/mol. The Hall–Kier alpha value is -1.30. The van der Waals surface area contributed by atoms with Gasteiger partial charge in [0.15, 0.2) is 11.5 Å². The first-order valence-corrected chi connectivity index (χ1v) is 10.5. The minimum absolute atomic E-state index is 0.156. The van der Waals surface area contributed by atoms with Gasteiger partial charge in [-0.25, -0.2) is 0 Å². The predicted molar refractivity (Wildman–Crippen MR) is 106 cm³/mol. The number of hydrogen-bond acceptors (Lipinski definition) is 5. The number of aliphatic hydroxyl groups is 1. The van der Waals surface area contributed by atoms with Crippen LogP contribution < -0.4 is 0 Å². The Kier molecular flexibility index (Phi) is 7.80. The fraction of sp³-hybridized carbons (Fsp3) is 0.727. The minimum atomic E-state index is -0.156. The third kappa shape index (κ3) is 5.59. The maximum atomic E-state index is 9.87. The van der Waals surface area contributed by atoms with E-state index in [1.54, 1.807) is 7.11 Å². The summed E-state index contributed by atoms with van der Waals surface area (Å²) >= 11 is 0. The zero-order valence-electron chi connectivity index (χ0n) is 16.9. The van der Waals surface area contributed by atoms with Crippen LogP contribution in [0.4, 0.5) is 0 Å². The van der Waals surface area contributed by atoms with E-state index in [0.29, 0.717) is 18.8 Å². The van der Waals surface area contributed by atoms with Gasteiger partial charge in [0.2, 0.25) is 0 Å². The van der Waals surface area contributed by atoms with E-state index in [4.69, 9.17) is 14.2 Å². The maximum Gasteiger partial charge on any atom is 0.160 e. The highest BCUT2D eigenvalue weighted by Crippen LogP contribution is 2.29. The van der Waals surface area contributed by atoms with Crippen molar-refractivity contribution in [2.75, 3.05) is 33.4 Å². The van der Waals surface area contributed by atoms with Crippen LogP contribution in [0.5, 0.6) is 0 Å². The second kappa shape index (κ2) is 10.3. The van der Waals surface area contributed by atoms with Crippen LogP contribution in [0.2, 0.25) is 0 Å². The van der Waals surface area contributed by atoms with Crippen molar-refractivity contribution in [3.8, 4) is 0 Å². The molecule has 0 aromatic carbocycles. The van der Waals surface area contributed by atoms with E-state index >= 15 is 0 Å². The lowest BCUT2D eigenvalue weighted by Crippen LogP contribution is -2.46. The Morgan fingerprint density at radius 3 is 2.74 bits per heavy atom. The number of rotatable bonds is 8. The molecule has 5 nitrogen and oxygen atoms in total. The molecule has 0 amide bonds. The topological polar surface area (TPSA) is 51.2 Å². The fourth-order valence-corrected chi connectivity index (χ4v) is 4.41. The Morgan fingerprint density at radius 2 is 2.00 bits per heavy atom. The summed E-state index contributed by atoms with van der Waals surface area (Å²) < 4.78 is 17.4. The van der Waals surface area contributed by atoms with Gasteiger partial charge >= 0.3 is 0 Å². The smallest absolute Gasteiger partial charge is 0.160 e. The first-order chi connectivity index (χ1) is 13.2. The number of hydrogen-bond donors (Lipinski definition) is 1. The summed E-state index contributed by atoms with van der Waals surface area (Å²) in [7, 11) is 1.68. The summed E-state index contributed by atoms with van der Waals surface area (Å²) in [6, 6.07) is 0.475. The third-order valence-electron chi connectivity index (χ3n) is 5.87. The zero-order chi connectivity index (χ0) is 19.1. The van der Waals surface area contributed by atoms with Crippen molar-refractivity contribution in [3.63, 3.8) is 0 Å². The lowest BCUT2D eigenvalue weighted by molar-refractivity contribution is -0.0316. The van der Waals surface area contributed by atoms with Gasteiger partial charge in [0, 0.05) is 19.1 Å². The molecule has 0 bridgehead atoms. The normalized spacial score (nSPS) is 29.6. The molecule has 5 heteroatoms. The molecule has 0 spiro atoms. The van der Waals surface area contributed by atoms with Crippen LogP contribution in [0.3, 0.4) is 0 Å². The molecule has 152 valence electrons. The van der Waals surface area contributed by atoms with Gasteiger partial charge in [0.1, 0.15) is 0 Å². The van der Waals surface area contributed by atoms with Gasteiger partial charge in [0.05, 0.1) is 32.5 Å². The predicted octanol–water partition coefficient (Wildman–Crippen LogP) is 3.55. The van der Waals surface area contributed by atoms with E-state index in [9.17, 15) is 5.11 Å². The highest BCUT2D eigenvalue weighted by atomic mass is 16.5. The lowest BCUT2D eigenvalue weighted by atomic mass is 9.91. The molecule has 1 saturated carbocycles. The zero-order valence-corrected chi connectivity index (χ0v) is 16.9. The van der Waals surface area contributed by atoms with E-state index in [1.807, 2.05) is 13.0 Å². The molecule has 3 aliphatic rings. The molecule has 3 atom stereocenters. The largest absolute Gasteiger partial charge is 0.493 e. The lowest BCUT2D eigenvalue weighted by Gasteiger charge is -2.37. The molecule has 1 heterocycles. The monoisotopic (exact) mass is 377 g/mol. The van der Waals surface area contributed by atoms with Gasteiger partial charge < -0.3 is 19.3 Å². The average Bonchev–Trinajstić information content (AvgIpc) is 3.02. The molecule has 27 heavy (non-hydrogen) atoms. The standard InChI is InChI=1S/C22H35NO4/c1-3-26-22-11-9-17(8-10-21(22)25-2)13-15-27-20-7-5-4-6-19(20)23-14-12-18(24)16-23/h8,10-11,18-20,24H,3-7,9,12-16H2,1-2H3/t18-,19-,20?/m1/s1. The van der Waals surface area contributed by atoms with E-state index in [2.05, 4.69) is 17.1 Å². The summed E-state index contributed by atoms with van der Waals surface area (Å²) in [6.45, 7) is 5.19. The molecule has 1 saturated heterocycles. The molecule has 1 aliphatic heterocycles. The summed E-state index contributed by atoms with van der Waals surface area (Å²) in [5.74, 6) is 1.61. The SMILES string of the molecule is CCOC1=CCC(CCOC2CCCC[C@H]2N2CC[C@@H](O)C2)=CC=C1OC. The first kappa shape index (κ1) is 20.4. The summed E-state index contributed by atoms with van der Waals surface area (Å²) in [5, 5.41) is 9.87. The highest BCUT2D eigenvalue weighted by molar-refractivity contribution is 5.31. The van der Waals surface area contributed by atoms with Crippen LogP contribution in [0.25, 0.3) is 0 Å². The van der Waals surface area contributed by atoms with Crippen molar-refractivity contribution >= 4 is 0 Å². The highest BCUT2D eigenvalue weighted by Gasteiger charge is 2.34. The quantitative estimate of drug-likeness (QED) is 0.701. The fourth-order valence-electron chi connectivity index (χ4n) is 4.41. The van der Waals surface area contributed by atoms with Gasteiger partial charge in [-0.15, -0.1) is 0 Å². The van der Waals surface area contributed by atoms with E-state index in [1.165, 1.54) is 24.8 Å². The van der Waals surface area contributed by atoms with Crippen LogP contribution in [0.1, 0.15) is 51.9 Å². The van der Waals surface area contributed by atoms with Crippen LogP contribution in [-0.4, -0.2) is 61.7 Å². The number of ether oxygens (including phenoxy) is 3. The molecule has 1 N–H and O–H groups in total. The molecule has 0 aromatic heterocycles. The third-order valence-corrected chi connectivity index (χ3v) is 5.87. The molecule has 0 radical (unpaired) electrons. The van der Waals surface area contributed by atoms with Crippen LogP contribution >= 0.6 is 0 Å².